The topological polar surface area (TPSA) is 45.5 Å². The Morgan fingerprint density at radius 1 is 1.17 bits per heavy atom. The maximum Gasteiger partial charge on any atom is 0.422 e. The van der Waals surface area contributed by atoms with Crippen molar-refractivity contribution < 1.29 is 27.5 Å². The molecule has 4 rings (SSSR count). The normalized spacial score (nSPS) is 25.3. The summed E-state index contributed by atoms with van der Waals surface area (Å²) in [6.45, 7) is 0.719. The van der Waals surface area contributed by atoms with Gasteiger partial charge in [-0.05, 0) is 38.2 Å². The highest BCUT2D eigenvalue weighted by Gasteiger charge is 2.40. The summed E-state index contributed by atoms with van der Waals surface area (Å²) in [6, 6.07) is 2.11. The highest BCUT2D eigenvalue weighted by atomic mass is 19.4. The fourth-order valence-corrected chi connectivity index (χ4v) is 5.31. The van der Waals surface area contributed by atoms with Gasteiger partial charge >= 0.3 is 6.18 Å². The number of hydrogen-bond donors (Lipinski definition) is 1. The smallest absolute Gasteiger partial charge is 0.337 e. The predicted molar refractivity (Wildman–Crippen MR) is 104 cm³/mol. The number of alkyl halides is 3. The van der Waals surface area contributed by atoms with Gasteiger partial charge in [0.2, 0.25) is 17.8 Å². The van der Waals surface area contributed by atoms with E-state index in [-0.39, 0.29) is 18.4 Å². The highest BCUT2D eigenvalue weighted by molar-refractivity contribution is 5.79. The van der Waals surface area contributed by atoms with E-state index >= 15 is 0 Å². The third-order valence-corrected chi connectivity index (χ3v) is 6.90. The molecule has 0 bridgehead atoms. The average Bonchev–Trinajstić information content (AvgIpc) is 3.20. The summed E-state index contributed by atoms with van der Waals surface area (Å²) < 4.78 is 41.0. The van der Waals surface area contributed by atoms with Gasteiger partial charge < -0.3 is 10.2 Å². The van der Waals surface area contributed by atoms with Crippen LogP contribution in [0.15, 0.2) is 12.3 Å². The minimum absolute atomic E-state index is 0.0343. The molecule has 30 heavy (non-hydrogen) atoms. The van der Waals surface area contributed by atoms with E-state index in [2.05, 4.69) is 5.32 Å². The molecule has 5 nitrogen and oxygen atoms in total. The van der Waals surface area contributed by atoms with Gasteiger partial charge in [-0.3, -0.25) is 9.63 Å². The van der Waals surface area contributed by atoms with Crippen molar-refractivity contribution in [3.8, 4) is 0 Å². The van der Waals surface area contributed by atoms with E-state index in [1.165, 1.54) is 43.9 Å². The Labute approximate surface area is 175 Å². The summed E-state index contributed by atoms with van der Waals surface area (Å²) >= 11 is 0. The molecule has 2 saturated carbocycles. The molecule has 0 aromatic carbocycles. The standard InChI is InChI=1S/C22H31F3N3O2/c1-30-28-14-17(22(23,24)25)11-16-13-27(10-9-20(16)28)21(29)15-7-8-19(12-15)26-18-5-3-2-4-6-18/h11,14-15,18-19,26H,2-10,12-13H2,1H3/q+1/t15-,19+/m0/s1. The molecule has 8 heteroatoms. The van der Waals surface area contributed by atoms with Crippen molar-refractivity contribution in [3.63, 3.8) is 0 Å². The molecule has 2 aliphatic carbocycles. The van der Waals surface area contributed by atoms with Gasteiger partial charge in [-0.25, -0.2) is 0 Å². The number of nitrogens with zero attached hydrogens (tertiary/aromatic N) is 2. The van der Waals surface area contributed by atoms with Crippen LogP contribution in [0.2, 0.25) is 0 Å². The van der Waals surface area contributed by atoms with E-state index in [4.69, 9.17) is 4.84 Å². The van der Waals surface area contributed by atoms with Gasteiger partial charge in [-0.1, -0.05) is 19.3 Å². The van der Waals surface area contributed by atoms with Crippen LogP contribution in [0.3, 0.4) is 0 Å². The number of aromatic nitrogens is 1. The van der Waals surface area contributed by atoms with E-state index in [0.29, 0.717) is 36.3 Å². The van der Waals surface area contributed by atoms with E-state index in [1.54, 1.807) is 4.90 Å². The summed E-state index contributed by atoms with van der Waals surface area (Å²) in [6.07, 6.45) is 6.02. The van der Waals surface area contributed by atoms with Crippen molar-refractivity contribution in [1.29, 1.82) is 0 Å². The third-order valence-electron chi connectivity index (χ3n) is 6.90. The number of halogens is 3. The minimum atomic E-state index is -4.45. The Morgan fingerprint density at radius 2 is 1.93 bits per heavy atom. The summed E-state index contributed by atoms with van der Waals surface area (Å²) in [5.74, 6) is 0.0444. The third kappa shape index (κ3) is 4.58. The summed E-state index contributed by atoms with van der Waals surface area (Å²) in [5, 5.41) is 3.74. The molecule has 0 saturated heterocycles. The Hall–Kier alpha value is -1.83. The van der Waals surface area contributed by atoms with Crippen LogP contribution in [0, 0.1) is 5.92 Å². The number of rotatable bonds is 4. The van der Waals surface area contributed by atoms with Crippen molar-refractivity contribution in [2.45, 2.75) is 82.6 Å². The molecule has 2 heterocycles. The van der Waals surface area contributed by atoms with Crippen molar-refractivity contribution in [1.82, 2.24) is 10.2 Å². The molecule has 0 radical (unpaired) electrons. The molecule has 166 valence electrons. The van der Waals surface area contributed by atoms with E-state index < -0.39 is 11.7 Å². The van der Waals surface area contributed by atoms with Gasteiger partial charge in [0.05, 0.1) is 13.0 Å². The Kier molecular flexibility index (Phi) is 6.23. The molecule has 0 unspecified atom stereocenters. The maximum atomic E-state index is 13.3. The van der Waals surface area contributed by atoms with Gasteiger partial charge in [-0.15, -0.1) is 0 Å². The molecular weight excluding hydrogens is 395 g/mol. The second-order valence-electron chi connectivity index (χ2n) is 8.93. The van der Waals surface area contributed by atoms with Crippen molar-refractivity contribution in [3.05, 3.63) is 29.1 Å². The molecule has 2 fully saturated rings. The SMILES string of the molecule is CO[n+]1cc(C(F)(F)F)cc2c1CCN(C(=O)[C@H]1CC[C@@H](NC3CCCCC3)C1)C2. The lowest BCUT2D eigenvalue weighted by molar-refractivity contribution is -0.891. The van der Waals surface area contributed by atoms with E-state index in [0.717, 1.165) is 31.5 Å². The number of amides is 1. The number of fused-ring (bicyclic) bond motifs is 1. The molecular formula is C22H31F3N3O2+. The number of carbonyl (C=O) groups is 1. The quantitative estimate of drug-likeness (QED) is 0.753. The van der Waals surface area contributed by atoms with Gasteiger partial charge in [-0.2, -0.15) is 13.2 Å². The second kappa shape index (κ2) is 8.73. The van der Waals surface area contributed by atoms with Gasteiger partial charge in [0.15, 0.2) is 0 Å². The van der Waals surface area contributed by atoms with E-state index in [9.17, 15) is 18.0 Å². The minimum Gasteiger partial charge on any atom is -0.337 e. The Balaban J connectivity index is 1.41. The Bertz CT molecular complexity index is 778. The van der Waals surface area contributed by atoms with Crippen LogP contribution in [0.1, 0.15) is 68.2 Å². The summed E-state index contributed by atoms with van der Waals surface area (Å²) in [4.78, 5) is 20.0. The van der Waals surface area contributed by atoms with E-state index in [1.807, 2.05) is 0 Å². The lowest BCUT2D eigenvalue weighted by atomic mass is 9.94. The lowest BCUT2D eigenvalue weighted by Crippen LogP contribution is -2.50. The van der Waals surface area contributed by atoms with Crippen LogP contribution < -0.4 is 14.9 Å². The van der Waals surface area contributed by atoms with Gasteiger partial charge in [0, 0.05) is 34.8 Å². The lowest BCUT2D eigenvalue weighted by Gasteiger charge is -2.30. The zero-order chi connectivity index (χ0) is 21.3. The van der Waals surface area contributed by atoms with Crippen LogP contribution in [0.25, 0.3) is 0 Å². The maximum absolute atomic E-state index is 13.3. The molecule has 1 amide bonds. The second-order valence-corrected chi connectivity index (χ2v) is 8.93. The van der Waals surface area contributed by atoms with Crippen LogP contribution >= 0.6 is 0 Å². The van der Waals surface area contributed by atoms with Crippen molar-refractivity contribution >= 4 is 5.91 Å². The highest BCUT2D eigenvalue weighted by Crippen LogP contribution is 2.33. The van der Waals surface area contributed by atoms with Crippen molar-refractivity contribution in [2.24, 2.45) is 5.92 Å². The first-order valence-corrected chi connectivity index (χ1v) is 11.1. The summed E-state index contributed by atoms with van der Waals surface area (Å²) in [5.41, 5.74) is 0.467. The molecule has 1 aliphatic heterocycles. The number of hydrogen-bond acceptors (Lipinski definition) is 3. The van der Waals surface area contributed by atoms with Crippen LogP contribution in [0.5, 0.6) is 0 Å². The summed E-state index contributed by atoms with van der Waals surface area (Å²) in [7, 11) is 1.36. The fourth-order valence-electron chi connectivity index (χ4n) is 5.31. The zero-order valence-corrected chi connectivity index (χ0v) is 17.5. The number of carbonyl (C=O) groups excluding carboxylic acids is 1. The van der Waals surface area contributed by atoms with Crippen LogP contribution in [-0.2, 0) is 23.9 Å². The molecule has 1 N–H and O–H groups in total. The fraction of sp³-hybridized carbons (Fsp3) is 0.727. The predicted octanol–water partition coefficient (Wildman–Crippen LogP) is 3.03. The first kappa shape index (κ1) is 21.4. The van der Waals surface area contributed by atoms with Crippen molar-refractivity contribution in [2.75, 3.05) is 13.7 Å². The van der Waals surface area contributed by atoms with Crippen LogP contribution in [-0.4, -0.2) is 36.5 Å². The monoisotopic (exact) mass is 426 g/mol. The van der Waals surface area contributed by atoms with Gasteiger partial charge in [0.25, 0.3) is 0 Å². The first-order chi connectivity index (χ1) is 14.3. The molecule has 1 aromatic heterocycles. The molecule has 3 aliphatic rings. The van der Waals surface area contributed by atoms with Gasteiger partial charge in [0.1, 0.15) is 12.7 Å². The largest absolute Gasteiger partial charge is 0.422 e. The first-order valence-electron chi connectivity index (χ1n) is 11.1. The zero-order valence-electron chi connectivity index (χ0n) is 17.5. The molecule has 1 aromatic rings. The average molecular weight is 427 g/mol. The number of nitrogens with one attached hydrogen (secondary N) is 1. The Morgan fingerprint density at radius 3 is 2.63 bits per heavy atom. The van der Waals surface area contributed by atoms with Crippen LogP contribution in [0.4, 0.5) is 13.2 Å². The molecule has 2 atom stereocenters. The number of pyridine rings is 1. The molecule has 0 spiro atoms.